The smallest absolute Gasteiger partial charge is 0.243 e. The quantitative estimate of drug-likeness (QED) is 0.907. The number of aromatic nitrogens is 3. The van der Waals surface area contributed by atoms with Crippen LogP contribution < -0.4 is 5.32 Å². The highest BCUT2D eigenvalue weighted by molar-refractivity contribution is 6.30. The molecule has 1 saturated carbocycles. The van der Waals surface area contributed by atoms with Crippen LogP contribution in [0.25, 0.3) is 5.65 Å². The molecule has 0 spiro atoms. The number of nitrogens with zero attached hydrogens (tertiary/aromatic N) is 3. The minimum absolute atomic E-state index is 0.495. The van der Waals surface area contributed by atoms with E-state index in [-0.39, 0.29) is 0 Å². The van der Waals surface area contributed by atoms with Gasteiger partial charge in [-0.05, 0) is 36.8 Å². The molecule has 5 heteroatoms. The Morgan fingerprint density at radius 3 is 3.00 bits per heavy atom. The number of nitrogens with one attached hydrogen (secondary N) is 1. The maximum Gasteiger partial charge on any atom is 0.243 e. The van der Waals surface area contributed by atoms with E-state index in [1.807, 2.05) is 12.1 Å². The van der Waals surface area contributed by atoms with Gasteiger partial charge >= 0.3 is 0 Å². The minimum Gasteiger partial charge on any atom is -0.352 e. The second kappa shape index (κ2) is 3.88. The number of hydrogen-bond acceptors (Lipinski definition) is 3. The monoisotopic (exact) mass is 250 g/mol. The first-order valence-corrected chi connectivity index (χ1v) is 6.34. The van der Waals surface area contributed by atoms with Crippen LogP contribution in [-0.4, -0.2) is 21.1 Å². The van der Waals surface area contributed by atoms with E-state index >= 15 is 0 Å². The maximum atomic E-state index is 5.90. The van der Waals surface area contributed by atoms with Crippen molar-refractivity contribution in [3.8, 4) is 0 Å². The van der Waals surface area contributed by atoms with E-state index in [4.69, 9.17) is 11.6 Å². The molecular weight excluding hydrogens is 236 g/mol. The Bertz CT molecular complexity index is 544. The van der Waals surface area contributed by atoms with Gasteiger partial charge in [0, 0.05) is 12.7 Å². The molecule has 90 valence electrons. The fraction of sp³-hybridized carbons (Fsp3) is 0.500. The van der Waals surface area contributed by atoms with E-state index in [0.717, 1.165) is 12.2 Å². The summed E-state index contributed by atoms with van der Waals surface area (Å²) in [6.07, 6.45) is 5.62. The van der Waals surface area contributed by atoms with Gasteiger partial charge in [0.2, 0.25) is 5.95 Å². The summed E-state index contributed by atoms with van der Waals surface area (Å²) in [5, 5.41) is 8.34. The Morgan fingerprint density at radius 1 is 1.47 bits per heavy atom. The summed E-state index contributed by atoms with van der Waals surface area (Å²) in [5.41, 5.74) is 1.31. The number of halogens is 1. The van der Waals surface area contributed by atoms with Crippen molar-refractivity contribution in [1.29, 1.82) is 0 Å². The Kier molecular flexibility index (Phi) is 2.47. The molecule has 17 heavy (non-hydrogen) atoms. The molecule has 1 aliphatic carbocycles. The largest absolute Gasteiger partial charge is 0.352 e. The van der Waals surface area contributed by atoms with Crippen LogP contribution in [0.4, 0.5) is 5.95 Å². The SMILES string of the molecule is CCC1(CNc2nc3ccc(Cl)cn3n2)CC1. The van der Waals surface area contributed by atoms with Crippen molar-refractivity contribution in [3.05, 3.63) is 23.4 Å². The van der Waals surface area contributed by atoms with Crippen LogP contribution in [0.2, 0.25) is 5.02 Å². The number of pyridine rings is 1. The molecule has 0 saturated heterocycles. The van der Waals surface area contributed by atoms with Gasteiger partial charge in [0.25, 0.3) is 0 Å². The van der Waals surface area contributed by atoms with Crippen molar-refractivity contribution < 1.29 is 0 Å². The lowest BCUT2D eigenvalue weighted by atomic mass is 10.0. The molecule has 2 heterocycles. The second-order valence-corrected chi connectivity index (χ2v) is 5.23. The summed E-state index contributed by atoms with van der Waals surface area (Å²) in [6, 6.07) is 3.69. The maximum absolute atomic E-state index is 5.90. The molecule has 3 rings (SSSR count). The minimum atomic E-state index is 0.495. The van der Waals surface area contributed by atoms with Crippen molar-refractivity contribution in [1.82, 2.24) is 14.6 Å². The van der Waals surface area contributed by atoms with E-state index in [2.05, 4.69) is 22.3 Å². The number of hydrogen-bond donors (Lipinski definition) is 1. The Hall–Kier alpha value is -1.29. The van der Waals surface area contributed by atoms with Crippen LogP contribution >= 0.6 is 11.6 Å². The molecule has 1 N–H and O–H groups in total. The highest BCUT2D eigenvalue weighted by atomic mass is 35.5. The fourth-order valence-corrected chi connectivity index (χ4v) is 2.19. The third-order valence-corrected chi connectivity index (χ3v) is 3.85. The molecule has 2 aromatic heterocycles. The van der Waals surface area contributed by atoms with Crippen LogP contribution in [-0.2, 0) is 0 Å². The first-order chi connectivity index (χ1) is 8.21. The topological polar surface area (TPSA) is 42.2 Å². The van der Waals surface area contributed by atoms with Crippen molar-refractivity contribution in [2.24, 2.45) is 5.41 Å². The zero-order valence-electron chi connectivity index (χ0n) is 9.78. The third kappa shape index (κ3) is 2.09. The third-order valence-electron chi connectivity index (χ3n) is 3.62. The standard InChI is InChI=1S/C12H15ClN4/c1-2-12(5-6-12)8-14-11-15-10-4-3-9(13)7-17(10)16-11/h3-4,7H,2,5-6,8H2,1H3,(H,14,16). The highest BCUT2D eigenvalue weighted by Crippen LogP contribution is 2.48. The summed E-state index contributed by atoms with van der Waals surface area (Å²) in [6.45, 7) is 3.21. The Labute approximate surface area is 105 Å². The van der Waals surface area contributed by atoms with Crippen molar-refractivity contribution in [2.75, 3.05) is 11.9 Å². The van der Waals surface area contributed by atoms with Gasteiger partial charge < -0.3 is 5.32 Å². The van der Waals surface area contributed by atoms with Crippen LogP contribution in [0.3, 0.4) is 0 Å². The normalized spacial score (nSPS) is 17.3. The average molecular weight is 251 g/mol. The first kappa shape index (κ1) is 10.8. The van der Waals surface area contributed by atoms with E-state index < -0.39 is 0 Å². The molecule has 0 aromatic carbocycles. The van der Waals surface area contributed by atoms with Crippen molar-refractivity contribution in [3.63, 3.8) is 0 Å². The van der Waals surface area contributed by atoms with Gasteiger partial charge in [-0.25, -0.2) is 4.52 Å². The highest BCUT2D eigenvalue weighted by Gasteiger charge is 2.40. The number of fused-ring (bicyclic) bond motifs is 1. The molecule has 0 amide bonds. The van der Waals surface area contributed by atoms with Gasteiger partial charge in [-0.15, -0.1) is 5.10 Å². The van der Waals surface area contributed by atoms with Gasteiger partial charge in [-0.1, -0.05) is 18.5 Å². The molecule has 2 aromatic rings. The van der Waals surface area contributed by atoms with Crippen molar-refractivity contribution >= 4 is 23.2 Å². The molecule has 0 radical (unpaired) electrons. The van der Waals surface area contributed by atoms with E-state index in [1.54, 1.807) is 10.7 Å². The molecule has 0 unspecified atom stereocenters. The van der Waals surface area contributed by atoms with Gasteiger partial charge in [0.1, 0.15) is 0 Å². The fourth-order valence-electron chi connectivity index (χ4n) is 2.03. The van der Waals surface area contributed by atoms with Gasteiger partial charge in [0.05, 0.1) is 5.02 Å². The molecule has 1 aliphatic rings. The van der Waals surface area contributed by atoms with Crippen LogP contribution in [0.5, 0.6) is 0 Å². The van der Waals surface area contributed by atoms with E-state index in [1.165, 1.54) is 19.3 Å². The van der Waals surface area contributed by atoms with E-state index in [9.17, 15) is 0 Å². The van der Waals surface area contributed by atoms with Gasteiger partial charge in [-0.2, -0.15) is 4.98 Å². The summed E-state index contributed by atoms with van der Waals surface area (Å²) in [5.74, 6) is 0.687. The summed E-state index contributed by atoms with van der Waals surface area (Å²) >= 11 is 5.90. The second-order valence-electron chi connectivity index (χ2n) is 4.79. The predicted molar refractivity (Wildman–Crippen MR) is 68.4 cm³/mol. The lowest BCUT2D eigenvalue weighted by Crippen LogP contribution is -2.15. The Balaban J connectivity index is 1.77. The number of anilines is 1. The molecule has 0 aliphatic heterocycles. The predicted octanol–water partition coefficient (Wildman–Crippen LogP) is 2.98. The molecular formula is C12H15ClN4. The van der Waals surface area contributed by atoms with Crippen LogP contribution in [0, 0.1) is 5.41 Å². The molecule has 0 atom stereocenters. The van der Waals surface area contributed by atoms with E-state index in [0.29, 0.717) is 16.4 Å². The van der Waals surface area contributed by atoms with Crippen molar-refractivity contribution in [2.45, 2.75) is 26.2 Å². The average Bonchev–Trinajstić information content (AvgIpc) is 3.00. The zero-order chi connectivity index (χ0) is 11.9. The lowest BCUT2D eigenvalue weighted by Gasteiger charge is -2.11. The lowest BCUT2D eigenvalue weighted by molar-refractivity contribution is 0.520. The number of rotatable bonds is 4. The summed E-state index contributed by atoms with van der Waals surface area (Å²) < 4.78 is 1.70. The molecule has 4 nitrogen and oxygen atoms in total. The van der Waals surface area contributed by atoms with Gasteiger partial charge in [0.15, 0.2) is 5.65 Å². The van der Waals surface area contributed by atoms with Crippen LogP contribution in [0.15, 0.2) is 18.3 Å². The Morgan fingerprint density at radius 2 is 2.29 bits per heavy atom. The summed E-state index contributed by atoms with van der Waals surface area (Å²) in [4.78, 5) is 4.40. The molecule has 1 fully saturated rings. The molecule has 0 bridgehead atoms. The zero-order valence-corrected chi connectivity index (χ0v) is 10.5. The van der Waals surface area contributed by atoms with Gasteiger partial charge in [-0.3, -0.25) is 0 Å². The van der Waals surface area contributed by atoms with Crippen LogP contribution in [0.1, 0.15) is 26.2 Å². The summed E-state index contributed by atoms with van der Waals surface area (Å²) in [7, 11) is 0. The first-order valence-electron chi connectivity index (χ1n) is 5.97.